The number of aromatic nitrogens is 1. The van der Waals surface area contributed by atoms with E-state index in [1.165, 1.54) is 44.6 Å². The average Bonchev–Trinajstić information content (AvgIpc) is 2.95. The van der Waals surface area contributed by atoms with Gasteiger partial charge in [-0.05, 0) is 56.9 Å². The van der Waals surface area contributed by atoms with Crippen LogP contribution in [0.5, 0.6) is 0 Å². The van der Waals surface area contributed by atoms with E-state index in [0.717, 1.165) is 25.0 Å². The zero-order chi connectivity index (χ0) is 16.7. The molecule has 1 aliphatic heterocycles. The van der Waals surface area contributed by atoms with Crippen molar-refractivity contribution in [3.05, 3.63) is 24.0 Å². The molecule has 23 heavy (non-hydrogen) atoms. The summed E-state index contributed by atoms with van der Waals surface area (Å²) in [5.41, 5.74) is 1.29. The molecule has 5 heteroatoms. The van der Waals surface area contributed by atoms with Crippen molar-refractivity contribution in [2.75, 3.05) is 40.3 Å². The molecule has 5 nitrogen and oxygen atoms in total. The predicted molar refractivity (Wildman–Crippen MR) is 97.7 cm³/mol. The minimum atomic E-state index is 0.767. The number of nitrogens with zero attached hydrogens (tertiary/aromatic N) is 4. The van der Waals surface area contributed by atoms with Crippen molar-refractivity contribution in [2.45, 2.75) is 32.7 Å². The molecule has 1 fully saturated rings. The first-order valence-electron chi connectivity index (χ1n) is 8.88. The first-order valence-corrected chi connectivity index (χ1v) is 8.88. The van der Waals surface area contributed by atoms with Crippen LogP contribution in [0.3, 0.4) is 0 Å². The number of piperidine rings is 1. The highest BCUT2D eigenvalue weighted by molar-refractivity contribution is 5.79. The van der Waals surface area contributed by atoms with Crippen molar-refractivity contribution in [3.63, 3.8) is 0 Å². The van der Waals surface area contributed by atoms with Crippen LogP contribution in [0.4, 0.5) is 0 Å². The molecule has 0 saturated carbocycles. The van der Waals surface area contributed by atoms with Crippen LogP contribution in [0.15, 0.2) is 23.3 Å². The molecular formula is C18H33N5. The fourth-order valence-corrected chi connectivity index (χ4v) is 3.33. The van der Waals surface area contributed by atoms with Gasteiger partial charge in [0.2, 0.25) is 0 Å². The van der Waals surface area contributed by atoms with Crippen molar-refractivity contribution in [3.8, 4) is 0 Å². The summed E-state index contributed by atoms with van der Waals surface area (Å²) in [4.78, 5) is 9.22. The van der Waals surface area contributed by atoms with Gasteiger partial charge in [-0.1, -0.05) is 6.92 Å². The molecule has 2 rings (SSSR count). The smallest absolute Gasteiger partial charge is 0.193 e. The van der Waals surface area contributed by atoms with Crippen LogP contribution in [0.1, 0.15) is 31.9 Å². The maximum atomic E-state index is 4.44. The third-order valence-electron chi connectivity index (χ3n) is 4.82. The Balaban J connectivity index is 1.76. The van der Waals surface area contributed by atoms with E-state index < -0.39 is 0 Å². The number of nitrogens with one attached hydrogen (secondary N) is 1. The summed E-state index contributed by atoms with van der Waals surface area (Å²) in [6.07, 6.45) is 5.94. The minimum Gasteiger partial charge on any atom is -0.356 e. The van der Waals surface area contributed by atoms with Crippen LogP contribution in [-0.4, -0.2) is 60.6 Å². The van der Waals surface area contributed by atoms with Crippen LogP contribution < -0.4 is 5.32 Å². The Bertz CT molecular complexity index is 485. The van der Waals surface area contributed by atoms with Gasteiger partial charge in [0, 0.05) is 39.6 Å². The van der Waals surface area contributed by atoms with Crippen molar-refractivity contribution in [1.82, 2.24) is 19.7 Å². The van der Waals surface area contributed by atoms with Gasteiger partial charge >= 0.3 is 0 Å². The summed E-state index contributed by atoms with van der Waals surface area (Å²) in [6, 6.07) is 4.25. The molecule has 0 radical (unpaired) electrons. The quantitative estimate of drug-likeness (QED) is 0.645. The summed E-state index contributed by atoms with van der Waals surface area (Å²) >= 11 is 0. The number of rotatable bonds is 6. The Morgan fingerprint density at radius 3 is 2.70 bits per heavy atom. The molecule has 1 N–H and O–H groups in total. The van der Waals surface area contributed by atoms with E-state index in [4.69, 9.17) is 0 Å². The normalized spacial score (nSPS) is 17.5. The van der Waals surface area contributed by atoms with Crippen LogP contribution in [0.2, 0.25) is 0 Å². The second-order valence-electron chi connectivity index (χ2n) is 6.68. The van der Waals surface area contributed by atoms with E-state index in [1.807, 2.05) is 7.05 Å². The van der Waals surface area contributed by atoms with Crippen LogP contribution >= 0.6 is 0 Å². The molecule has 1 aromatic heterocycles. The summed E-state index contributed by atoms with van der Waals surface area (Å²) in [7, 11) is 6.06. The summed E-state index contributed by atoms with van der Waals surface area (Å²) < 4.78 is 2.16. The van der Waals surface area contributed by atoms with Crippen molar-refractivity contribution >= 4 is 5.96 Å². The summed E-state index contributed by atoms with van der Waals surface area (Å²) in [6.45, 7) is 7.92. The lowest BCUT2D eigenvalue weighted by Gasteiger charge is -2.32. The van der Waals surface area contributed by atoms with Crippen molar-refractivity contribution < 1.29 is 0 Å². The van der Waals surface area contributed by atoms with Gasteiger partial charge in [0.05, 0.1) is 6.54 Å². The van der Waals surface area contributed by atoms with Crippen molar-refractivity contribution in [2.24, 2.45) is 18.0 Å². The van der Waals surface area contributed by atoms with E-state index in [2.05, 4.69) is 64.0 Å². The topological polar surface area (TPSA) is 35.8 Å². The molecule has 1 saturated heterocycles. The highest BCUT2D eigenvalue weighted by Crippen LogP contribution is 2.16. The number of likely N-dealkylation sites (tertiary alicyclic amines) is 1. The molecule has 0 atom stereocenters. The highest BCUT2D eigenvalue weighted by atomic mass is 15.3. The van der Waals surface area contributed by atoms with Crippen molar-refractivity contribution in [1.29, 1.82) is 0 Å². The maximum Gasteiger partial charge on any atom is 0.193 e. The molecule has 0 aliphatic carbocycles. The SMILES string of the molecule is CCCN1CCC(CNC(=NC)N(C)Cc2cccn2C)CC1. The second kappa shape index (κ2) is 8.96. The minimum absolute atomic E-state index is 0.767. The van der Waals surface area contributed by atoms with E-state index in [1.54, 1.807) is 0 Å². The fraction of sp³-hybridized carbons (Fsp3) is 0.722. The van der Waals surface area contributed by atoms with Gasteiger partial charge in [-0.2, -0.15) is 0 Å². The molecular weight excluding hydrogens is 286 g/mol. The molecule has 0 bridgehead atoms. The molecule has 1 aliphatic rings. The molecule has 0 aromatic carbocycles. The maximum absolute atomic E-state index is 4.44. The first-order chi connectivity index (χ1) is 11.1. The van der Waals surface area contributed by atoms with Gasteiger partial charge in [0.1, 0.15) is 0 Å². The number of hydrogen-bond acceptors (Lipinski definition) is 2. The first kappa shape index (κ1) is 17.9. The van der Waals surface area contributed by atoms with Gasteiger partial charge in [0.25, 0.3) is 0 Å². The summed E-state index contributed by atoms with van der Waals surface area (Å²) in [5, 5.41) is 3.57. The monoisotopic (exact) mass is 319 g/mol. The Morgan fingerprint density at radius 1 is 1.39 bits per heavy atom. The molecule has 0 amide bonds. The lowest BCUT2D eigenvalue weighted by molar-refractivity contribution is 0.185. The number of aryl methyl sites for hydroxylation is 1. The lowest BCUT2D eigenvalue weighted by atomic mass is 9.97. The lowest BCUT2D eigenvalue weighted by Crippen LogP contribution is -2.43. The van der Waals surface area contributed by atoms with Gasteiger partial charge in [-0.25, -0.2) is 0 Å². The van der Waals surface area contributed by atoms with E-state index in [0.29, 0.717) is 0 Å². The van der Waals surface area contributed by atoms with Crippen LogP contribution in [0.25, 0.3) is 0 Å². The third kappa shape index (κ3) is 5.27. The zero-order valence-electron chi connectivity index (χ0n) is 15.3. The largest absolute Gasteiger partial charge is 0.356 e. The fourth-order valence-electron chi connectivity index (χ4n) is 3.33. The Kier molecular flexibility index (Phi) is 6.96. The number of aliphatic imine (C=N–C) groups is 1. The molecule has 1 aromatic rings. The van der Waals surface area contributed by atoms with Gasteiger partial charge in [-0.3, -0.25) is 4.99 Å². The Labute approximate surface area is 141 Å². The second-order valence-corrected chi connectivity index (χ2v) is 6.68. The van der Waals surface area contributed by atoms with E-state index in [-0.39, 0.29) is 0 Å². The zero-order valence-corrected chi connectivity index (χ0v) is 15.3. The van der Waals surface area contributed by atoms with Crippen LogP contribution in [-0.2, 0) is 13.6 Å². The number of guanidine groups is 1. The molecule has 130 valence electrons. The van der Waals surface area contributed by atoms with Gasteiger partial charge < -0.3 is 19.7 Å². The van der Waals surface area contributed by atoms with Gasteiger partial charge in [0.15, 0.2) is 5.96 Å². The van der Waals surface area contributed by atoms with Gasteiger partial charge in [-0.15, -0.1) is 0 Å². The van der Waals surface area contributed by atoms with Crippen LogP contribution in [0, 0.1) is 5.92 Å². The Morgan fingerprint density at radius 2 is 2.13 bits per heavy atom. The van der Waals surface area contributed by atoms with E-state index in [9.17, 15) is 0 Å². The summed E-state index contributed by atoms with van der Waals surface area (Å²) in [5.74, 6) is 1.76. The predicted octanol–water partition coefficient (Wildman–Crippen LogP) is 2.15. The molecule has 0 unspecified atom stereocenters. The molecule has 2 heterocycles. The Hall–Kier alpha value is -1.49. The average molecular weight is 319 g/mol. The number of hydrogen-bond donors (Lipinski definition) is 1. The van der Waals surface area contributed by atoms with E-state index >= 15 is 0 Å². The third-order valence-corrected chi connectivity index (χ3v) is 4.82. The molecule has 0 spiro atoms. The highest BCUT2D eigenvalue weighted by Gasteiger charge is 2.19. The standard InChI is InChI=1S/C18H33N5/c1-5-10-23-12-8-16(9-13-23)14-20-18(19-2)22(4)15-17-7-6-11-21(17)3/h6-7,11,16H,5,8-10,12-15H2,1-4H3,(H,19,20).